The molecule has 2 aromatic rings. The Bertz CT molecular complexity index is 724. The summed E-state index contributed by atoms with van der Waals surface area (Å²) in [6.07, 6.45) is 0. The monoisotopic (exact) mass is 366 g/mol. The minimum absolute atomic E-state index is 0. The number of rotatable bonds is 1. The van der Waals surface area contributed by atoms with Gasteiger partial charge in [-0.3, -0.25) is 9.69 Å². The van der Waals surface area contributed by atoms with Crippen LogP contribution in [0.2, 0.25) is 0 Å². The Hall–Kier alpha value is -1.75. The molecule has 1 amide bonds. The Morgan fingerprint density at radius 3 is 2.54 bits per heavy atom. The summed E-state index contributed by atoms with van der Waals surface area (Å²) in [5.74, 6) is 0.481. The number of phenols is 1. The van der Waals surface area contributed by atoms with Gasteiger partial charge in [-0.15, -0.1) is 24.8 Å². The minimum Gasteiger partial charge on any atom is -0.508 e. The largest absolute Gasteiger partial charge is 0.508 e. The van der Waals surface area contributed by atoms with Crippen molar-refractivity contribution in [3.63, 3.8) is 0 Å². The summed E-state index contributed by atoms with van der Waals surface area (Å²) >= 11 is 0. The van der Waals surface area contributed by atoms with Gasteiger partial charge in [-0.2, -0.15) is 0 Å². The maximum Gasteiger partial charge on any atom is 0.242 e. The first-order valence-electron chi connectivity index (χ1n) is 7.63. The lowest BCUT2D eigenvalue weighted by Crippen LogP contribution is -2.53. The number of carbonyl (C=O) groups excluding carboxylic acids is 1. The van der Waals surface area contributed by atoms with Crippen molar-refractivity contribution in [3.05, 3.63) is 65.2 Å². The molecule has 0 unspecified atom stereocenters. The lowest BCUT2D eigenvalue weighted by atomic mass is 9.80. The molecule has 0 aromatic heterocycles. The molecule has 2 aliphatic heterocycles. The topological polar surface area (TPSA) is 52.6 Å². The number of benzene rings is 2. The number of amides is 1. The van der Waals surface area contributed by atoms with Crippen LogP contribution in [0, 0.1) is 0 Å². The van der Waals surface area contributed by atoms with Crippen molar-refractivity contribution in [2.75, 3.05) is 19.6 Å². The van der Waals surface area contributed by atoms with Crippen LogP contribution in [-0.2, 0) is 4.79 Å². The van der Waals surface area contributed by atoms with E-state index in [1.165, 1.54) is 5.56 Å². The normalized spacial score (nSPS) is 22.2. The highest BCUT2D eigenvalue weighted by molar-refractivity contribution is 5.86. The summed E-state index contributed by atoms with van der Waals surface area (Å²) in [7, 11) is 0. The van der Waals surface area contributed by atoms with Crippen LogP contribution < -0.4 is 5.32 Å². The van der Waals surface area contributed by atoms with Crippen molar-refractivity contribution in [3.8, 4) is 5.75 Å². The van der Waals surface area contributed by atoms with Gasteiger partial charge >= 0.3 is 0 Å². The molecule has 0 aliphatic carbocycles. The summed E-state index contributed by atoms with van der Waals surface area (Å²) in [5.41, 5.74) is 3.32. The summed E-state index contributed by atoms with van der Waals surface area (Å²) in [4.78, 5) is 14.5. The first-order valence-corrected chi connectivity index (χ1v) is 7.63. The Morgan fingerprint density at radius 1 is 1.04 bits per heavy atom. The number of fused-ring (bicyclic) bond motifs is 3. The molecule has 0 bridgehead atoms. The van der Waals surface area contributed by atoms with Gasteiger partial charge in [0.05, 0.1) is 0 Å². The number of aromatic hydroxyl groups is 1. The third kappa shape index (κ3) is 3.09. The van der Waals surface area contributed by atoms with Gasteiger partial charge in [-0.05, 0) is 28.8 Å². The highest BCUT2D eigenvalue weighted by Crippen LogP contribution is 2.41. The average molecular weight is 367 g/mol. The van der Waals surface area contributed by atoms with Gasteiger partial charge in [-0.1, -0.05) is 36.4 Å². The van der Waals surface area contributed by atoms with Gasteiger partial charge in [0.2, 0.25) is 5.91 Å². The SMILES string of the molecule is Cl.Cl.O=C1NCCN2C[C@@H](c3ccccc3)c3ccc(O)cc3[C@H]12. The molecule has 4 nitrogen and oxygen atoms in total. The van der Waals surface area contributed by atoms with E-state index in [4.69, 9.17) is 0 Å². The van der Waals surface area contributed by atoms with Crippen LogP contribution in [0.1, 0.15) is 28.7 Å². The first-order chi connectivity index (χ1) is 10.7. The van der Waals surface area contributed by atoms with Crippen LogP contribution in [0.25, 0.3) is 0 Å². The molecule has 0 radical (unpaired) electrons. The maximum absolute atomic E-state index is 12.3. The zero-order chi connectivity index (χ0) is 15.1. The van der Waals surface area contributed by atoms with E-state index in [1.807, 2.05) is 24.3 Å². The molecule has 4 rings (SSSR count). The smallest absolute Gasteiger partial charge is 0.242 e. The zero-order valence-electron chi connectivity index (χ0n) is 13.0. The fraction of sp³-hybridized carbons (Fsp3) is 0.278. The highest BCUT2D eigenvalue weighted by Gasteiger charge is 2.39. The fourth-order valence-electron chi connectivity index (χ4n) is 3.67. The van der Waals surface area contributed by atoms with Gasteiger partial charge in [0.15, 0.2) is 0 Å². The second-order valence-electron chi connectivity index (χ2n) is 5.96. The van der Waals surface area contributed by atoms with Crippen LogP contribution in [0.15, 0.2) is 48.5 Å². The fourth-order valence-corrected chi connectivity index (χ4v) is 3.67. The summed E-state index contributed by atoms with van der Waals surface area (Å²) in [6, 6.07) is 15.5. The average Bonchev–Trinajstić information content (AvgIpc) is 2.54. The number of nitrogens with zero attached hydrogens (tertiary/aromatic N) is 1. The Kier molecular flexibility index (Phi) is 5.75. The number of halogens is 2. The van der Waals surface area contributed by atoms with E-state index in [0.29, 0.717) is 6.54 Å². The molecular formula is C18H20Cl2N2O2. The van der Waals surface area contributed by atoms with Crippen molar-refractivity contribution in [2.45, 2.75) is 12.0 Å². The lowest BCUT2D eigenvalue weighted by molar-refractivity contribution is -0.129. The van der Waals surface area contributed by atoms with E-state index in [2.05, 4.69) is 22.3 Å². The molecule has 24 heavy (non-hydrogen) atoms. The predicted molar refractivity (Wildman–Crippen MR) is 98.2 cm³/mol. The molecule has 2 aliphatic rings. The Morgan fingerprint density at radius 2 is 1.79 bits per heavy atom. The van der Waals surface area contributed by atoms with E-state index in [-0.39, 0.29) is 48.4 Å². The molecule has 2 heterocycles. The van der Waals surface area contributed by atoms with Crippen LogP contribution in [0.4, 0.5) is 0 Å². The van der Waals surface area contributed by atoms with Crippen LogP contribution in [-0.4, -0.2) is 35.5 Å². The van der Waals surface area contributed by atoms with Gasteiger partial charge in [0, 0.05) is 25.6 Å². The molecular weight excluding hydrogens is 347 g/mol. The molecule has 1 saturated heterocycles. The minimum atomic E-state index is -0.282. The van der Waals surface area contributed by atoms with Crippen molar-refractivity contribution in [1.29, 1.82) is 0 Å². The number of nitrogens with one attached hydrogen (secondary N) is 1. The molecule has 1 fully saturated rings. The van der Waals surface area contributed by atoms with Crippen molar-refractivity contribution in [2.24, 2.45) is 0 Å². The van der Waals surface area contributed by atoms with E-state index in [0.717, 1.165) is 24.2 Å². The summed E-state index contributed by atoms with van der Waals surface area (Å²) < 4.78 is 0. The molecule has 6 heteroatoms. The predicted octanol–water partition coefficient (Wildman–Crippen LogP) is 2.85. The van der Waals surface area contributed by atoms with E-state index in [9.17, 15) is 9.90 Å². The van der Waals surface area contributed by atoms with E-state index >= 15 is 0 Å². The third-order valence-electron chi connectivity index (χ3n) is 4.67. The van der Waals surface area contributed by atoms with Crippen LogP contribution >= 0.6 is 24.8 Å². The van der Waals surface area contributed by atoms with Gasteiger partial charge in [0.1, 0.15) is 11.8 Å². The number of piperazine rings is 1. The highest BCUT2D eigenvalue weighted by atomic mass is 35.5. The summed E-state index contributed by atoms with van der Waals surface area (Å²) in [6.45, 7) is 2.36. The third-order valence-corrected chi connectivity index (χ3v) is 4.67. The second-order valence-corrected chi connectivity index (χ2v) is 5.96. The van der Waals surface area contributed by atoms with Crippen molar-refractivity contribution in [1.82, 2.24) is 10.2 Å². The van der Waals surface area contributed by atoms with Gasteiger partial charge < -0.3 is 10.4 Å². The molecule has 2 N–H and O–H groups in total. The van der Waals surface area contributed by atoms with Crippen molar-refractivity contribution >= 4 is 30.7 Å². The molecule has 128 valence electrons. The van der Waals surface area contributed by atoms with Crippen LogP contribution in [0.5, 0.6) is 5.75 Å². The molecule has 0 saturated carbocycles. The Labute approximate surface area is 153 Å². The zero-order valence-corrected chi connectivity index (χ0v) is 14.6. The maximum atomic E-state index is 12.3. The van der Waals surface area contributed by atoms with E-state index < -0.39 is 0 Å². The first kappa shape index (κ1) is 18.6. The Balaban J connectivity index is 0.00000104. The molecule has 2 aromatic carbocycles. The standard InChI is InChI=1S/C18H18N2O2.2ClH/c21-13-6-7-14-15(10-13)17-18(22)19-8-9-20(17)11-16(14)12-4-2-1-3-5-12;;/h1-7,10,16-17,21H,8-9,11H2,(H,19,22);2*1H/t16-,17+;;/m0../s1. The number of phenolic OH excluding ortho intramolecular Hbond substituents is 1. The van der Waals surface area contributed by atoms with Gasteiger partial charge in [-0.25, -0.2) is 0 Å². The lowest BCUT2D eigenvalue weighted by Gasteiger charge is -2.43. The molecule has 0 spiro atoms. The quantitative estimate of drug-likeness (QED) is 0.815. The number of hydrogen-bond acceptors (Lipinski definition) is 3. The number of hydrogen-bond donors (Lipinski definition) is 2. The number of carbonyl (C=O) groups is 1. The molecule has 2 atom stereocenters. The summed E-state index contributed by atoms with van der Waals surface area (Å²) in [5, 5.41) is 12.8. The van der Waals surface area contributed by atoms with E-state index in [1.54, 1.807) is 12.1 Å². The second kappa shape index (κ2) is 7.43. The van der Waals surface area contributed by atoms with Crippen LogP contribution in [0.3, 0.4) is 0 Å². The van der Waals surface area contributed by atoms with Gasteiger partial charge in [0.25, 0.3) is 0 Å². The van der Waals surface area contributed by atoms with Crippen molar-refractivity contribution < 1.29 is 9.90 Å².